The maximum atomic E-state index is 3.37. The molecule has 2 aromatic rings. The van der Waals surface area contributed by atoms with E-state index in [0.29, 0.717) is 0 Å². The van der Waals surface area contributed by atoms with Crippen molar-refractivity contribution in [3.63, 3.8) is 0 Å². The van der Waals surface area contributed by atoms with E-state index >= 15 is 0 Å². The fourth-order valence-corrected chi connectivity index (χ4v) is 1.67. The number of nitrogens with one attached hydrogen (secondary N) is 1. The molecule has 0 aromatic heterocycles. The lowest BCUT2D eigenvalue weighted by molar-refractivity contribution is 0.968. The first-order valence-corrected chi connectivity index (χ1v) is 5.93. The Bertz CT molecular complexity index is 448. The predicted octanol–water partition coefficient (Wildman–Crippen LogP) is 3.89. The molecule has 0 aliphatic carbocycles. The smallest absolute Gasteiger partial charge is 0.0385 e. The summed E-state index contributed by atoms with van der Waals surface area (Å²) in [5, 5.41) is 3.37. The lowest BCUT2D eigenvalue weighted by Gasteiger charge is -2.17. The highest BCUT2D eigenvalue weighted by Crippen LogP contribution is 2.20. The monoisotopic (exact) mass is 226 g/mol. The van der Waals surface area contributed by atoms with E-state index < -0.39 is 0 Å². The molecule has 0 heterocycles. The molecule has 0 radical (unpaired) electrons. The van der Waals surface area contributed by atoms with Gasteiger partial charge < -0.3 is 10.2 Å². The summed E-state index contributed by atoms with van der Waals surface area (Å²) in [7, 11) is 2.10. The first-order valence-electron chi connectivity index (χ1n) is 5.93. The fourth-order valence-electron chi connectivity index (χ4n) is 1.67. The van der Waals surface area contributed by atoms with Crippen molar-refractivity contribution in [3.05, 3.63) is 54.6 Å². The van der Waals surface area contributed by atoms with Crippen LogP contribution in [-0.2, 0) is 0 Å². The summed E-state index contributed by atoms with van der Waals surface area (Å²) in [6, 6.07) is 18.7. The van der Waals surface area contributed by atoms with Crippen LogP contribution in [0.25, 0.3) is 0 Å². The highest BCUT2D eigenvalue weighted by atomic mass is 15.1. The van der Waals surface area contributed by atoms with Crippen molar-refractivity contribution >= 4 is 17.1 Å². The topological polar surface area (TPSA) is 15.3 Å². The van der Waals surface area contributed by atoms with Gasteiger partial charge in [0.2, 0.25) is 0 Å². The predicted molar refractivity (Wildman–Crippen MR) is 75.1 cm³/mol. The third kappa shape index (κ3) is 3.00. The van der Waals surface area contributed by atoms with E-state index in [1.54, 1.807) is 0 Å². The van der Waals surface area contributed by atoms with E-state index in [2.05, 4.69) is 60.6 Å². The maximum Gasteiger partial charge on any atom is 0.0385 e. The van der Waals surface area contributed by atoms with Crippen LogP contribution in [0.4, 0.5) is 17.1 Å². The van der Waals surface area contributed by atoms with Crippen molar-refractivity contribution in [1.82, 2.24) is 0 Å². The van der Waals surface area contributed by atoms with Crippen LogP contribution < -0.4 is 10.2 Å². The van der Waals surface area contributed by atoms with Gasteiger partial charge in [0.05, 0.1) is 0 Å². The minimum absolute atomic E-state index is 1.02. The lowest BCUT2D eigenvalue weighted by Crippen LogP contribution is -2.15. The van der Waals surface area contributed by atoms with Gasteiger partial charge in [-0.25, -0.2) is 0 Å². The number of hydrogen-bond acceptors (Lipinski definition) is 2. The Morgan fingerprint density at radius 2 is 1.47 bits per heavy atom. The molecule has 0 bridgehead atoms. The van der Waals surface area contributed by atoms with Crippen LogP contribution in [-0.4, -0.2) is 13.6 Å². The van der Waals surface area contributed by atoms with E-state index in [1.807, 2.05) is 18.2 Å². The SMILES string of the molecule is CCN(C)c1ccc(Nc2ccccc2)cc1. The molecule has 0 unspecified atom stereocenters. The molecule has 0 amide bonds. The van der Waals surface area contributed by atoms with Gasteiger partial charge in [0.1, 0.15) is 0 Å². The normalized spacial score (nSPS) is 10.0. The summed E-state index contributed by atoms with van der Waals surface area (Å²) < 4.78 is 0. The molecule has 2 rings (SSSR count). The molecule has 0 saturated carbocycles. The highest BCUT2D eigenvalue weighted by molar-refractivity contribution is 5.62. The molecule has 0 fully saturated rings. The van der Waals surface area contributed by atoms with Crippen molar-refractivity contribution in [1.29, 1.82) is 0 Å². The Kier molecular flexibility index (Phi) is 3.66. The molecule has 2 aromatic carbocycles. The van der Waals surface area contributed by atoms with Crippen LogP contribution in [0.3, 0.4) is 0 Å². The second-order valence-electron chi connectivity index (χ2n) is 4.05. The minimum atomic E-state index is 1.02. The molecule has 17 heavy (non-hydrogen) atoms. The zero-order chi connectivity index (χ0) is 12.1. The van der Waals surface area contributed by atoms with Gasteiger partial charge in [0.25, 0.3) is 0 Å². The van der Waals surface area contributed by atoms with Crippen molar-refractivity contribution in [3.8, 4) is 0 Å². The number of benzene rings is 2. The Labute approximate surface area is 103 Å². The fraction of sp³-hybridized carbons (Fsp3) is 0.200. The Morgan fingerprint density at radius 3 is 2.06 bits per heavy atom. The largest absolute Gasteiger partial charge is 0.375 e. The second kappa shape index (κ2) is 5.39. The van der Waals surface area contributed by atoms with Crippen LogP contribution in [0, 0.1) is 0 Å². The van der Waals surface area contributed by atoms with E-state index in [9.17, 15) is 0 Å². The zero-order valence-electron chi connectivity index (χ0n) is 10.4. The van der Waals surface area contributed by atoms with E-state index in [4.69, 9.17) is 0 Å². The molecule has 88 valence electrons. The molecular weight excluding hydrogens is 208 g/mol. The highest BCUT2D eigenvalue weighted by Gasteiger charge is 1.98. The van der Waals surface area contributed by atoms with Gasteiger partial charge in [0, 0.05) is 30.7 Å². The number of nitrogens with zero attached hydrogens (tertiary/aromatic N) is 1. The zero-order valence-corrected chi connectivity index (χ0v) is 10.4. The average Bonchev–Trinajstić information content (AvgIpc) is 2.40. The lowest BCUT2D eigenvalue weighted by atomic mass is 10.2. The molecule has 0 atom stereocenters. The van der Waals surface area contributed by atoms with E-state index in [0.717, 1.165) is 17.9 Å². The summed E-state index contributed by atoms with van der Waals surface area (Å²) in [6.07, 6.45) is 0. The Hall–Kier alpha value is -1.96. The number of hydrogen-bond donors (Lipinski definition) is 1. The summed E-state index contributed by atoms with van der Waals surface area (Å²) in [5.41, 5.74) is 3.47. The molecule has 2 heteroatoms. The van der Waals surface area contributed by atoms with Crippen LogP contribution in [0.1, 0.15) is 6.92 Å². The van der Waals surface area contributed by atoms with Gasteiger partial charge in [-0.15, -0.1) is 0 Å². The van der Waals surface area contributed by atoms with Crippen LogP contribution in [0.2, 0.25) is 0 Å². The summed E-state index contributed by atoms with van der Waals surface area (Å²) >= 11 is 0. The van der Waals surface area contributed by atoms with Crippen molar-refractivity contribution in [2.24, 2.45) is 0 Å². The number of para-hydroxylation sites is 1. The summed E-state index contributed by atoms with van der Waals surface area (Å²) in [4.78, 5) is 2.21. The standard InChI is InChI=1S/C15H18N2/c1-3-17(2)15-11-9-14(10-12-15)16-13-7-5-4-6-8-13/h4-12,16H,3H2,1-2H3. The number of anilines is 3. The van der Waals surface area contributed by atoms with Crippen LogP contribution in [0.5, 0.6) is 0 Å². The van der Waals surface area contributed by atoms with Gasteiger partial charge in [0.15, 0.2) is 0 Å². The van der Waals surface area contributed by atoms with Crippen molar-refractivity contribution in [2.75, 3.05) is 23.8 Å². The van der Waals surface area contributed by atoms with Crippen molar-refractivity contribution in [2.45, 2.75) is 6.92 Å². The van der Waals surface area contributed by atoms with Gasteiger partial charge >= 0.3 is 0 Å². The maximum absolute atomic E-state index is 3.37. The van der Waals surface area contributed by atoms with Gasteiger partial charge in [-0.2, -0.15) is 0 Å². The average molecular weight is 226 g/mol. The van der Waals surface area contributed by atoms with Gasteiger partial charge in [-0.1, -0.05) is 18.2 Å². The molecule has 1 N–H and O–H groups in total. The van der Waals surface area contributed by atoms with Crippen molar-refractivity contribution < 1.29 is 0 Å². The van der Waals surface area contributed by atoms with Gasteiger partial charge in [-0.3, -0.25) is 0 Å². The Balaban J connectivity index is 2.08. The Morgan fingerprint density at radius 1 is 0.882 bits per heavy atom. The van der Waals surface area contributed by atoms with Crippen LogP contribution >= 0.6 is 0 Å². The third-order valence-electron chi connectivity index (χ3n) is 2.84. The molecule has 0 spiro atoms. The first-order chi connectivity index (χ1) is 8.29. The molecule has 2 nitrogen and oxygen atoms in total. The summed E-state index contributed by atoms with van der Waals surface area (Å²) in [5.74, 6) is 0. The van der Waals surface area contributed by atoms with E-state index in [1.165, 1.54) is 5.69 Å². The molecule has 0 aliphatic heterocycles. The summed E-state index contributed by atoms with van der Waals surface area (Å²) in [6.45, 7) is 3.17. The molecular formula is C15H18N2. The molecule has 0 aliphatic rings. The molecule has 0 saturated heterocycles. The number of rotatable bonds is 4. The second-order valence-corrected chi connectivity index (χ2v) is 4.05. The quantitative estimate of drug-likeness (QED) is 0.851. The first kappa shape index (κ1) is 11.5. The van der Waals surface area contributed by atoms with Crippen LogP contribution in [0.15, 0.2) is 54.6 Å². The van der Waals surface area contributed by atoms with E-state index in [-0.39, 0.29) is 0 Å². The minimum Gasteiger partial charge on any atom is -0.375 e. The van der Waals surface area contributed by atoms with Gasteiger partial charge in [-0.05, 0) is 43.3 Å². The third-order valence-corrected chi connectivity index (χ3v) is 2.84.